The molecule has 0 amide bonds. The van der Waals surface area contributed by atoms with Crippen LogP contribution in [0.2, 0.25) is 0 Å². The number of rotatable bonds is 9. The van der Waals surface area contributed by atoms with Crippen molar-refractivity contribution in [3.8, 4) is 0 Å². The fraction of sp³-hybridized carbons (Fsp3) is 1.00. The van der Waals surface area contributed by atoms with E-state index in [0.717, 1.165) is 32.1 Å². The summed E-state index contributed by atoms with van der Waals surface area (Å²) < 4.78 is 24.2. The number of aliphatic hydroxyl groups is 2. The Morgan fingerprint density at radius 1 is 0.914 bits per heavy atom. The Kier molecular flexibility index (Phi) is 8.57. The lowest BCUT2D eigenvalue weighted by Gasteiger charge is -2.64. The average molecular weight is 513 g/mol. The maximum atomic E-state index is 13.1. The molecule has 4 saturated carbocycles. The Labute approximate surface area is 214 Å². The Hall–Kier alpha value is 0.0700. The van der Waals surface area contributed by atoms with E-state index in [1.165, 1.54) is 25.7 Å². The summed E-state index contributed by atoms with van der Waals surface area (Å²) in [5.41, 5.74) is 0.481. The van der Waals surface area contributed by atoms with Gasteiger partial charge >= 0.3 is 7.60 Å². The van der Waals surface area contributed by atoms with Crippen molar-refractivity contribution in [1.29, 1.82) is 0 Å². The first-order chi connectivity index (χ1) is 16.5. The molecule has 0 saturated heterocycles. The van der Waals surface area contributed by atoms with Gasteiger partial charge in [0, 0.05) is 0 Å². The fourth-order valence-corrected chi connectivity index (χ4v) is 11.9. The summed E-state index contributed by atoms with van der Waals surface area (Å²) in [5, 5.41) is 22.4. The van der Waals surface area contributed by atoms with Crippen molar-refractivity contribution < 1.29 is 23.8 Å². The van der Waals surface area contributed by atoms with E-state index < -0.39 is 7.60 Å². The van der Waals surface area contributed by atoms with Gasteiger partial charge < -0.3 is 19.3 Å². The lowest BCUT2D eigenvalue weighted by molar-refractivity contribution is -0.203. The SMILES string of the molecule is CCOP(=O)(CC[C@@H](C)[C@H]1CC[C@H]2[C@@H]3[C@H](O)[C@H](CC)[C@@H]4C[C@H](O)CC[C@]4(C)[C@H]3CC[C@]12C)OCC. The van der Waals surface area contributed by atoms with Crippen LogP contribution >= 0.6 is 7.60 Å². The standard InChI is InChI=1S/C29H53O5P/c1-7-21-25-18-20(30)12-15-29(25,6)24-13-16-28(5)22(10-11-23(28)26(24)27(21)31)19(4)14-17-35(32,33-8-2)34-9-3/h19-27,30-31H,7-18H2,1-6H3/t19-,20-,21-,22-,23+,24+,25+,26+,27-,28-,29-/m1/s1. The molecule has 4 aliphatic rings. The molecule has 0 aromatic heterocycles. The molecule has 11 atom stereocenters. The Bertz CT molecular complexity index is 764. The van der Waals surface area contributed by atoms with Gasteiger partial charge in [0.05, 0.1) is 31.6 Å². The van der Waals surface area contributed by atoms with Crippen LogP contribution in [0.4, 0.5) is 0 Å². The molecule has 4 rings (SSSR count). The molecule has 5 nitrogen and oxygen atoms in total. The molecule has 0 aliphatic heterocycles. The topological polar surface area (TPSA) is 76.0 Å². The molecular weight excluding hydrogens is 459 g/mol. The summed E-state index contributed by atoms with van der Waals surface area (Å²) in [6.07, 6.45) is 9.69. The Balaban J connectivity index is 1.53. The van der Waals surface area contributed by atoms with Gasteiger partial charge in [0.15, 0.2) is 0 Å². The zero-order valence-electron chi connectivity index (χ0n) is 23.2. The lowest BCUT2D eigenvalue weighted by atomic mass is 9.41. The molecule has 0 aromatic rings. The van der Waals surface area contributed by atoms with Crippen molar-refractivity contribution in [3.63, 3.8) is 0 Å². The van der Waals surface area contributed by atoms with E-state index in [1.54, 1.807) is 0 Å². The third-order valence-electron chi connectivity index (χ3n) is 11.7. The molecule has 204 valence electrons. The third kappa shape index (κ3) is 4.84. The summed E-state index contributed by atoms with van der Waals surface area (Å²) in [4.78, 5) is 0. The summed E-state index contributed by atoms with van der Waals surface area (Å²) in [6, 6.07) is 0. The number of aliphatic hydroxyl groups excluding tert-OH is 2. The molecule has 0 unspecified atom stereocenters. The first kappa shape index (κ1) is 28.1. The molecule has 0 bridgehead atoms. The van der Waals surface area contributed by atoms with Gasteiger partial charge in [0.1, 0.15) is 0 Å². The second-order valence-electron chi connectivity index (χ2n) is 13.1. The normalized spacial score (nSPS) is 46.5. The zero-order valence-corrected chi connectivity index (χ0v) is 24.1. The van der Waals surface area contributed by atoms with Crippen molar-refractivity contribution in [1.82, 2.24) is 0 Å². The van der Waals surface area contributed by atoms with Crippen LogP contribution < -0.4 is 0 Å². The van der Waals surface area contributed by atoms with Crippen LogP contribution in [-0.2, 0) is 13.6 Å². The van der Waals surface area contributed by atoms with E-state index in [9.17, 15) is 14.8 Å². The highest BCUT2D eigenvalue weighted by atomic mass is 31.2. The summed E-state index contributed by atoms with van der Waals surface area (Å²) in [7, 11) is -3.01. The first-order valence-corrected chi connectivity index (χ1v) is 16.5. The number of hydrogen-bond acceptors (Lipinski definition) is 5. The van der Waals surface area contributed by atoms with Gasteiger partial charge in [-0.1, -0.05) is 34.1 Å². The Morgan fingerprint density at radius 2 is 1.54 bits per heavy atom. The van der Waals surface area contributed by atoms with Gasteiger partial charge in [-0.3, -0.25) is 4.57 Å². The third-order valence-corrected chi connectivity index (χ3v) is 13.8. The smallest absolute Gasteiger partial charge is 0.330 e. The molecule has 0 radical (unpaired) electrons. The number of fused-ring (bicyclic) bond motifs is 5. The van der Waals surface area contributed by atoms with Gasteiger partial charge in [-0.2, -0.15) is 0 Å². The first-order valence-electron chi connectivity index (χ1n) is 14.8. The summed E-state index contributed by atoms with van der Waals surface area (Å²) in [5.74, 6) is 3.32. The molecule has 2 N–H and O–H groups in total. The minimum atomic E-state index is -3.01. The summed E-state index contributed by atoms with van der Waals surface area (Å²) >= 11 is 0. The predicted molar refractivity (Wildman–Crippen MR) is 141 cm³/mol. The van der Waals surface area contributed by atoms with Crippen molar-refractivity contribution in [2.75, 3.05) is 19.4 Å². The van der Waals surface area contributed by atoms with Crippen molar-refractivity contribution in [2.45, 2.75) is 112 Å². The largest absolute Gasteiger partial charge is 0.393 e. The highest BCUT2D eigenvalue weighted by Crippen LogP contribution is 2.69. The van der Waals surface area contributed by atoms with E-state index in [-0.39, 0.29) is 23.0 Å². The van der Waals surface area contributed by atoms with E-state index in [4.69, 9.17) is 9.05 Å². The van der Waals surface area contributed by atoms with Crippen molar-refractivity contribution in [2.24, 2.45) is 52.3 Å². The van der Waals surface area contributed by atoms with Crippen molar-refractivity contribution in [3.05, 3.63) is 0 Å². The Morgan fingerprint density at radius 3 is 2.17 bits per heavy atom. The maximum Gasteiger partial charge on any atom is 0.330 e. The van der Waals surface area contributed by atoms with E-state index in [1.807, 2.05) is 13.8 Å². The predicted octanol–water partition coefficient (Wildman–Crippen LogP) is 6.91. The van der Waals surface area contributed by atoms with Gasteiger partial charge in [-0.25, -0.2) is 0 Å². The number of hydrogen-bond donors (Lipinski definition) is 2. The van der Waals surface area contributed by atoms with Gasteiger partial charge in [0.2, 0.25) is 0 Å². The van der Waals surface area contributed by atoms with E-state index >= 15 is 0 Å². The van der Waals surface area contributed by atoms with Crippen LogP contribution in [-0.4, -0.2) is 41.8 Å². The average Bonchev–Trinajstić information content (AvgIpc) is 3.16. The maximum absolute atomic E-state index is 13.1. The lowest BCUT2D eigenvalue weighted by Crippen LogP contribution is -2.62. The van der Waals surface area contributed by atoms with Crippen LogP contribution in [0, 0.1) is 52.3 Å². The highest BCUT2D eigenvalue weighted by molar-refractivity contribution is 7.53. The van der Waals surface area contributed by atoms with Crippen LogP contribution in [0.15, 0.2) is 0 Å². The molecule has 6 heteroatoms. The van der Waals surface area contributed by atoms with Crippen molar-refractivity contribution >= 4 is 7.60 Å². The molecule has 0 spiro atoms. The van der Waals surface area contributed by atoms with Crippen LogP contribution in [0.3, 0.4) is 0 Å². The van der Waals surface area contributed by atoms with Gasteiger partial charge in [0.25, 0.3) is 0 Å². The molecule has 4 fully saturated rings. The second kappa shape index (κ2) is 10.7. The quantitative estimate of drug-likeness (QED) is 0.329. The monoisotopic (exact) mass is 512 g/mol. The molecule has 4 aliphatic carbocycles. The molecule has 0 aromatic carbocycles. The van der Waals surface area contributed by atoms with Gasteiger partial charge in [-0.15, -0.1) is 0 Å². The second-order valence-corrected chi connectivity index (χ2v) is 15.2. The molecule has 0 heterocycles. The van der Waals surface area contributed by atoms with E-state index in [0.29, 0.717) is 60.8 Å². The minimum absolute atomic E-state index is 0.194. The minimum Gasteiger partial charge on any atom is -0.393 e. The molecule has 35 heavy (non-hydrogen) atoms. The van der Waals surface area contributed by atoms with Gasteiger partial charge in [-0.05, 0) is 117 Å². The van der Waals surface area contributed by atoms with E-state index in [2.05, 4.69) is 27.7 Å². The fourth-order valence-electron chi connectivity index (χ4n) is 10.1. The summed E-state index contributed by atoms with van der Waals surface area (Å²) in [6.45, 7) is 14.2. The van der Waals surface area contributed by atoms with Crippen LogP contribution in [0.25, 0.3) is 0 Å². The zero-order chi connectivity index (χ0) is 25.6. The van der Waals surface area contributed by atoms with Crippen LogP contribution in [0.1, 0.15) is 99.3 Å². The highest BCUT2D eigenvalue weighted by Gasteiger charge is 2.64. The molecular formula is C29H53O5P. The van der Waals surface area contributed by atoms with Crippen LogP contribution in [0.5, 0.6) is 0 Å².